The molecule has 1 rings (SSSR count). The van der Waals surface area contributed by atoms with Crippen molar-refractivity contribution in [2.45, 2.75) is 12.8 Å². The number of hydrogen-bond donors (Lipinski definition) is 3. The average Bonchev–Trinajstić information content (AvgIpc) is 2.19. The van der Waals surface area contributed by atoms with E-state index < -0.39 is 23.8 Å². The molecule has 1 unspecified atom stereocenters. The van der Waals surface area contributed by atoms with Gasteiger partial charge in [0, 0.05) is 13.0 Å². The molecule has 1 atom stereocenters. The number of urea groups is 1. The second kappa shape index (κ2) is 5.28. The molecular weight excluding hydrogens is 230 g/mol. The van der Waals surface area contributed by atoms with Crippen molar-refractivity contribution >= 4 is 23.8 Å². The zero-order valence-electron chi connectivity index (χ0n) is 9.01. The smallest absolute Gasteiger partial charge is 0.318 e. The van der Waals surface area contributed by atoms with Crippen LogP contribution in [0.2, 0.25) is 0 Å². The van der Waals surface area contributed by atoms with Gasteiger partial charge in [-0.15, -0.1) is 0 Å². The lowest BCUT2D eigenvalue weighted by Gasteiger charge is -2.29. The van der Waals surface area contributed by atoms with Gasteiger partial charge in [-0.1, -0.05) is 0 Å². The summed E-state index contributed by atoms with van der Waals surface area (Å²) in [4.78, 5) is 44.9. The van der Waals surface area contributed by atoms with Gasteiger partial charge in [0.1, 0.15) is 6.54 Å². The van der Waals surface area contributed by atoms with E-state index in [9.17, 15) is 19.2 Å². The lowest BCUT2D eigenvalue weighted by atomic mass is 9.98. The molecule has 0 aromatic carbocycles. The first-order chi connectivity index (χ1) is 7.90. The Bertz CT molecular complexity index is 368. The summed E-state index contributed by atoms with van der Waals surface area (Å²) in [6.07, 6.45) is 0.350. The third-order valence-corrected chi connectivity index (χ3v) is 2.45. The van der Waals surface area contributed by atoms with Crippen molar-refractivity contribution in [3.8, 4) is 0 Å². The number of aliphatic carboxylic acids is 1. The van der Waals surface area contributed by atoms with Gasteiger partial charge in [-0.25, -0.2) is 4.79 Å². The number of carboxylic acid groups (broad SMARTS) is 1. The van der Waals surface area contributed by atoms with Crippen LogP contribution in [0.3, 0.4) is 0 Å². The number of rotatable bonds is 3. The van der Waals surface area contributed by atoms with Crippen LogP contribution >= 0.6 is 0 Å². The molecule has 0 saturated carbocycles. The normalized spacial score (nSPS) is 19.9. The van der Waals surface area contributed by atoms with Crippen molar-refractivity contribution < 1.29 is 24.3 Å². The van der Waals surface area contributed by atoms with Crippen molar-refractivity contribution in [2.24, 2.45) is 11.7 Å². The maximum absolute atomic E-state index is 11.4. The molecule has 0 bridgehead atoms. The SMILES string of the molecule is NC(=O)NC(=O)CN1CC(C(=O)O)CCC1=O. The topological polar surface area (TPSA) is 130 Å². The van der Waals surface area contributed by atoms with Crippen molar-refractivity contribution in [2.75, 3.05) is 13.1 Å². The first kappa shape index (κ1) is 12.9. The molecule has 4 amide bonds. The summed E-state index contributed by atoms with van der Waals surface area (Å²) in [5.41, 5.74) is 4.74. The van der Waals surface area contributed by atoms with E-state index in [2.05, 4.69) is 0 Å². The van der Waals surface area contributed by atoms with E-state index in [0.717, 1.165) is 4.90 Å². The minimum atomic E-state index is -1.01. The van der Waals surface area contributed by atoms with Crippen molar-refractivity contribution in [3.63, 3.8) is 0 Å². The van der Waals surface area contributed by atoms with Gasteiger partial charge < -0.3 is 15.7 Å². The molecule has 1 heterocycles. The van der Waals surface area contributed by atoms with Crippen LogP contribution in [-0.2, 0) is 14.4 Å². The fraction of sp³-hybridized carbons (Fsp3) is 0.556. The molecule has 8 heteroatoms. The summed E-state index contributed by atoms with van der Waals surface area (Å²) in [5.74, 6) is -2.70. The average molecular weight is 243 g/mol. The standard InChI is InChI=1S/C9H13N3O5/c10-9(17)11-6(13)4-12-3-5(8(15)16)1-2-7(12)14/h5H,1-4H2,(H,15,16)(H3,10,11,13,17). The van der Waals surface area contributed by atoms with E-state index in [0.29, 0.717) is 0 Å². The minimum Gasteiger partial charge on any atom is -0.481 e. The summed E-state index contributed by atoms with van der Waals surface area (Å²) in [6.45, 7) is -0.383. The monoisotopic (exact) mass is 243 g/mol. The van der Waals surface area contributed by atoms with Gasteiger partial charge >= 0.3 is 12.0 Å². The number of primary amides is 1. The number of amides is 4. The minimum absolute atomic E-state index is 0.0274. The molecule has 1 aliphatic heterocycles. The fourth-order valence-corrected chi connectivity index (χ4v) is 1.62. The lowest BCUT2D eigenvalue weighted by molar-refractivity contribution is -0.148. The predicted molar refractivity (Wildman–Crippen MR) is 54.7 cm³/mol. The maximum atomic E-state index is 11.4. The van der Waals surface area contributed by atoms with Crippen LogP contribution in [0.1, 0.15) is 12.8 Å². The summed E-state index contributed by atoms with van der Waals surface area (Å²) in [6, 6.07) is -1.01. The van der Waals surface area contributed by atoms with E-state index in [4.69, 9.17) is 10.8 Å². The Morgan fingerprint density at radius 1 is 1.47 bits per heavy atom. The van der Waals surface area contributed by atoms with Crippen LogP contribution in [0, 0.1) is 5.92 Å². The lowest BCUT2D eigenvalue weighted by Crippen LogP contribution is -2.48. The highest BCUT2D eigenvalue weighted by Crippen LogP contribution is 2.17. The van der Waals surface area contributed by atoms with Crippen LogP contribution < -0.4 is 11.1 Å². The number of piperidine rings is 1. The number of likely N-dealkylation sites (tertiary alicyclic amines) is 1. The van der Waals surface area contributed by atoms with E-state index >= 15 is 0 Å². The van der Waals surface area contributed by atoms with Crippen LogP contribution in [0.4, 0.5) is 4.79 Å². The molecule has 0 aromatic heterocycles. The van der Waals surface area contributed by atoms with Crippen LogP contribution in [-0.4, -0.2) is 46.9 Å². The van der Waals surface area contributed by atoms with Crippen molar-refractivity contribution in [3.05, 3.63) is 0 Å². The summed E-state index contributed by atoms with van der Waals surface area (Å²) < 4.78 is 0. The second-order valence-electron chi connectivity index (χ2n) is 3.76. The fourth-order valence-electron chi connectivity index (χ4n) is 1.62. The van der Waals surface area contributed by atoms with E-state index in [1.54, 1.807) is 0 Å². The highest BCUT2D eigenvalue weighted by molar-refractivity contribution is 5.96. The van der Waals surface area contributed by atoms with Gasteiger partial charge in [0.15, 0.2) is 0 Å². The maximum Gasteiger partial charge on any atom is 0.318 e. The molecule has 1 saturated heterocycles. The summed E-state index contributed by atoms with van der Waals surface area (Å²) >= 11 is 0. The number of imide groups is 1. The van der Waals surface area contributed by atoms with Gasteiger partial charge in [-0.05, 0) is 6.42 Å². The molecule has 0 aliphatic carbocycles. The van der Waals surface area contributed by atoms with Crippen LogP contribution in [0.25, 0.3) is 0 Å². The van der Waals surface area contributed by atoms with Crippen molar-refractivity contribution in [1.82, 2.24) is 10.2 Å². The number of carbonyl (C=O) groups is 4. The molecule has 0 aromatic rings. The number of nitrogens with zero attached hydrogens (tertiary/aromatic N) is 1. The Labute approximate surface area is 96.7 Å². The second-order valence-corrected chi connectivity index (χ2v) is 3.76. The van der Waals surface area contributed by atoms with Crippen LogP contribution in [0.15, 0.2) is 0 Å². The number of hydrogen-bond acceptors (Lipinski definition) is 4. The van der Waals surface area contributed by atoms with Gasteiger partial charge in [-0.2, -0.15) is 0 Å². The van der Waals surface area contributed by atoms with Crippen LogP contribution in [0.5, 0.6) is 0 Å². The first-order valence-corrected chi connectivity index (χ1v) is 5.00. The Balaban J connectivity index is 2.56. The van der Waals surface area contributed by atoms with Gasteiger partial charge in [-0.3, -0.25) is 19.7 Å². The molecule has 1 aliphatic rings. The Morgan fingerprint density at radius 3 is 2.65 bits per heavy atom. The quantitative estimate of drug-likeness (QED) is 0.555. The van der Waals surface area contributed by atoms with Gasteiger partial charge in [0.25, 0.3) is 0 Å². The molecule has 0 spiro atoms. The zero-order chi connectivity index (χ0) is 13.0. The summed E-state index contributed by atoms with van der Waals surface area (Å²) in [5, 5.41) is 10.6. The molecule has 94 valence electrons. The number of carbonyl (C=O) groups excluding carboxylic acids is 3. The molecular formula is C9H13N3O5. The first-order valence-electron chi connectivity index (χ1n) is 5.00. The third-order valence-electron chi connectivity index (χ3n) is 2.45. The molecule has 1 fully saturated rings. The predicted octanol–water partition coefficient (Wildman–Crippen LogP) is -1.50. The molecule has 17 heavy (non-hydrogen) atoms. The van der Waals surface area contributed by atoms with E-state index in [1.165, 1.54) is 0 Å². The highest BCUT2D eigenvalue weighted by Gasteiger charge is 2.31. The Kier molecular flexibility index (Phi) is 4.02. The summed E-state index contributed by atoms with van der Waals surface area (Å²) in [7, 11) is 0. The highest BCUT2D eigenvalue weighted by atomic mass is 16.4. The van der Waals surface area contributed by atoms with Gasteiger partial charge in [0.2, 0.25) is 11.8 Å². The number of nitrogens with one attached hydrogen (secondary N) is 1. The number of nitrogens with two attached hydrogens (primary N) is 1. The number of carboxylic acids is 1. The molecule has 0 radical (unpaired) electrons. The Hall–Kier alpha value is -2.12. The van der Waals surface area contributed by atoms with E-state index in [-0.39, 0.29) is 31.8 Å². The zero-order valence-corrected chi connectivity index (χ0v) is 9.01. The van der Waals surface area contributed by atoms with Crippen molar-refractivity contribution in [1.29, 1.82) is 0 Å². The third kappa shape index (κ3) is 3.74. The largest absolute Gasteiger partial charge is 0.481 e. The molecule has 8 nitrogen and oxygen atoms in total. The van der Waals surface area contributed by atoms with E-state index in [1.807, 2.05) is 5.32 Å². The Morgan fingerprint density at radius 2 is 2.12 bits per heavy atom. The molecule has 4 N–H and O–H groups in total. The van der Waals surface area contributed by atoms with Gasteiger partial charge in [0.05, 0.1) is 5.92 Å².